The first-order chi connectivity index (χ1) is 14.7. The third kappa shape index (κ3) is 6.26. The predicted molar refractivity (Wildman–Crippen MR) is 113 cm³/mol. The van der Waals surface area contributed by atoms with E-state index in [0.717, 1.165) is 25.7 Å². The van der Waals surface area contributed by atoms with Crippen molar-refractivity contribution in [2.75, 3.05) is 6.54 Å². The van der Waals surface area contributed by atoms with Crippen LogP contribution in [0.15, 0.2) is 42.1 Å². The molecule has 1 aliphatic heterocycles. The molecule has 2 saturated carbocycles. The molecule has 11 heteroatoms. The number of nitriles is 2. The van der Waals surface area contributed by atoms with Gasteiger partial charge in [-0.2, -0.15) is 10.5 Å². The van der Waals surface area contributed by atoms with Crippen LogP contribution < -0.4 is 33.4 Å². The van der Waals surface area contributed by atoms with E-state index >= 15 is 0 Å². The molecule has 32 heavy (non-hydrogen) atoms. The van der Waals surface area contributed by atoms with Crippen molar-refractivity contribution in [3.63, 3.8) is 0 Å². The van der Waals surface area contributed by atoms with E-state index in [1.54, 1.807) is 29.5 Å². The average Bonchev–Trinajstić information content (AvgIpc) is 3.59. The molecule has 8 nitrogen and oxygen atoms in total. The lowest BCUT2D eigenvalue weighted by atomic mass is 10.2. The SMILES string of the molecule is C=CC[n+]1cc(C#N)n(CC(=O)C2(Cl)CC2)c1.N#CC1=CN=C[NH+]1CC(=O)C1(Cl)CC1.[I-]. The van der Waals surface area contributed by atoms with E-state index in [2.05, 4.69) is 17.6 Å². The fraction of sp³-hybridized carbons (Fsp3) is 0.429. The number of ketones is 2. The number of carbonyl (C=O) groups is 2. The van der Waals surface area contributed by atoms with Gasteiger partial charge in [0.1, 0.15) is 41.3 Å². The normalized spacial score (nSPS) is 20.4. The largest absolute Gasteiger partial charge is 1.00 e. The number of allylic oxidation sites excluding steroid dienone is 2. The lowest BCUT2D eigenvalue weighted by Crippen LogP contribution is -3.09. The van der Waals surface area contributed by atoms with Crippen LogP contribution in [0, 0.1) is 22.7 Å². The number of rotatable bonds is 8. The molecule has 1 N–H and O–H groups in total. The molecule has 1 unspecified atom stereocenters. The van der Waals surface area contributed by atoms with Gasteiger partial charge in [0.15, 0.2) is 24.7 Å². The summed E-state index contributed by atoms with van der Waals surface area (Å²) >= 11 is 12.0. The summed E-state index contributed by atoms with van der Waals surface area (Å²) in [5, 5.41) is 17.7. The van der Waals surface area contributed by atoms with Gasteiger partial charge in [-0.3, -0.25) is 9.59 Å². The summed E-state index contributed by atoms with van der Waals surface area (Å²) in [6, 6.07) is 4.06. The smallest absolute Gasteiger partial charge is 0.245 e. The van der Waals surface area contributed by atoms with E-state index in [1.807, 2.05) is 10.6 Å². The van der Waals surface area contributed by atoms with Gasteiger partial charge >= 0.3 is 0 Å². The van der Waals surface area contributed by atoms with Gasteiger partial charge in [0.05, 0.1) is 0 Å². The number of aliphatic imine (C=N–C) groups is 1. The average molecular weight is 588 g/mol. The monoisotopic (exact) mass is 587 g/mol. The summed E-state index contributed by atoms with van der Waals surface area (Å²) in [7, 11) is 0. The zero-order valence-corrected chi connectivity index (χ0v) is 20.9. The van der Waals surface area contributed by atoms with Gasteiger partial charge in [-0.1, -0.05) is 12.7 Å². The van der Waals surface area contributed by atoms with Gasteiger partial charge < -0.3 is 24.0 Å². The van der Waals surface area contributed by atoms with Crippen molar-refractivity contribution in [3.05, 3.63) is 42.8 Å². The van der Waals surface area contributed by atoms with Crippen LogP contribution in [0.3, 0.4) is 0 Å². The van der Waals surface area contributed by atoms with Gasteiger partial charge in [0, 0.05) is 0 Å². The minimum absolute atomic E-state index is 0. The highest BCUT2D eigenvalue weighted by Crippen LogP contribution is 2.43. The number of carbonyl (C=O) groups excluding carboxylic acids is 2. The van der Waals surface area contributed by atoms with E-state index in [9.17, 15) is 9.59 Å². The van der Waals surface area contributed by atoms with Crippen molar-refractivity contribution >= 4 is 41.1 Å². The molecule has 2 aliphatic carbocycles. The Morgan fingerprint density at radius 2 is 1.84 bits per heavy atom. The zero-order valence-electron chi connectivity index (χ0n) is 17.2. The Hall–Kier alpha value is -2.05. The van der Waals surface area contributed by atoms with E-state index in [0.29, 0.717) is 22.8 Å². The molecule has 0 spiro atoms. The predicted octanol–water partition coefficient (Wildman–Crippen LogP) is -2.20. The second kappa shape index (κ2) is 10.7. The van der Waals surface area contributed by atoms with E-state index in [1.165, 1.54) is 6.20 Å². The first kappa shape index (κ1) is 26.2. The van der Waals surface area contributed by atoms with Crippen LogP contribution in [-0.2, 0) is 22.7 Å². The van der Waals surface area contributed by atoms with Crippen LogP contribution in [0.1, 0.15) is 31.4 Å². The molecular weight excluding hydrogens is 566 g/mol. The summed E-state index contributed by atoms with van der Waals surface area (Å²) in [6.45, 7) is 4.63. The molecule has 0 aromatic carbocycles. The summed E-state index contributed by atoms with van der Waals surface area (Å²) in [5.74, 6) is -0.0133. The summed E-state index contributed by atoms with van der Waals surface area (Å²) < 4.78 is 3.45. The molecule has 2 heterocycles. The quantitative estimate of drug-likeness (QED) is 0.161. The third-order valence-electron chi connectivity index (χ3n) is 5.28. The van der Waals surface area contributed by atoms with E-state index in [-0.39, 0.29) is 48.6 Å². The van der Waals surface area contributed by atoms with Crippen LogP contribution in [0.5, 0.6) is 0 Å². The Kier molecular flexibility index (Phi) is 8.77. The van der Waals surface area contributed by atoms with Gasteiger partial charge in [-0.25, -0.2) is 19.0 Å². The third-order valence-corrected chi connectivity index (χ3v) is 6.46. The number of nitrogens with zero attached hydrogens (tertiary/aromatic N) is 5. The molecule has 4 rings (SSSR count). The fourth-order valence-electron chi connectivity index (χ4n) is 2.97. The molecule has 0 radical (unpaired) electrons. The minimum atomic E-state index is -0.666. The number of alkyl halides is 2. The summed E-state index contributed by atoms with van der Waals surface area (Å²) in [6.07, 6.45) is 11.2. The number of hydrogen-bond acceptors (Lipinski definition) is 5. The van der Waals surface area contributed by atoms with Crippen LogP contribution in [0.25, 0.3) is 0 Å². The molecule has 1 aromatic rings. The molecule has 2 fully saturated rings. The van der Waals surface area contributed by atoms with Crippen molar-refractivity contribution in [3.8, 4) is 12.1 Å². The number of hydrogen-bond donors (Lipinski definition) is 1. The molecule has 0 amide bonds. The molecule has 168 valence electrons. The zero-order chi connectivity index (χ0) is 22.6. The Labute approximate surface area is 213 Å². The van der Waals surface area contributed by atoms with Crippen molar-refractivity contribution in [1.82, 2.24) is 4.57 Å². The second-order valence-corrected chi connectivity index (χ2v) is 9.21. The first-order valence-electron chi connectivity index (χ1n) is 9.79. The van der Waals surface area contributed by atoms with Crippen molar-refractivity contribution < 1.29 is 43.0 Å². The maximum absolute atomic E-state index is 11.8. The van der Waals surface area contributed by atoms with Gasteiger partial charge in [-0.05, 0) is 25.7 Å². The Bertz CT molecular complexity index is 1060. The maximum Gasteiger partial charge on any atom is 0.245 e. The van der Waals surface area contributed by atoms with Crippen LogP contribution >= 0.6 is 23.2 Å². The molecule has 0 saturated heterocycles. The van der Waals surface area contributed by atoms with Crippen LogP contribution in [0.2, 0.25) is 0 Å². The van der Waals surface area contributed by atoms with Crippen LogP contribution in [0.4, 0.5) is 0 Å². The van der Waals surface area contributed by atoms with Gasteiger partial charge in [0.25, 0.3) is 0 Å². The molecule has 3 aliphatic rings. The topological polar surface area (TPSA) is 107 Å². The Morgan fingerprint density at radius 3 is 2.38 bits per heavy atom. The maximum atomic E-state index is 11.8. The minimum Gasteiger partial charge on any atom is -1.00 e. The molecule has 0 bridgehead atoms. The molecule has 1 aromatic heterocycles. The van der Waals surface area contributed by atoms with Crippen molar-refractivity contribution in [1.29, 1.82) is 10.5 Å². The fourth-order valence-corrected chi connectivity index (χ4v) is 3.29. The highest BCUT2D eigenvalue weighted by molar-refractivity contribution is 6.38. The number of quaternary nitrogens is 1. The number of imidazole rings is 1. The van der Waals surface area contributed by atoms with Gasteiger partial charge in [0.2, 0.25) is 23.5 Å². The van der Waals surface area contributed by atoms with Gasteiger partial charge in [-0.15, -0.1) is 23.2 Å². The standard InChI is InChI=1S/C12H13ClN3O.C9H8ClN3O.HI/c1-2-5-15-7-10(6-14)16(9-15)8-11(17)12(13)3-4-12;10-9(1-2-9)8(14)5-13-6-12-4-7(13)3-11;/h2,7,9H,1,3-5,8H2;4,6H,1-2,5H2;1H/q+1;;. The highest BCUT2D eigenvalue weighted by atomic mass is 127. The Balaban J connectivity index is 0.000000224. The summed E-state index contributed by atoms with van der Waals surface area (Å²) in [4.78, 5) is 26.6. The van der Waals surface area contributed by atoms with E-state index < -0.39 is 9.75 Å². The summed E-state index contributed by atoms with van der Waals surface area (Å²) in [5.41, 5.74) is 0.931. The number of halogens is 3. The van der Waals surface area contributed by atoms with Crippen molar-refractivity contribution in [2.24, 2.45) is 4.99 Å². The van der Waals surface area contributed by atoms with Crippen molar-refractivity contribution in [2.45, 2.75) is 48.5 Å². The lowest BCUT2D eigenvalue weighted by molar-refractivity contribution is -0.737. The Morgan fingerprint density at radius 1 is 1.22 bits per heavy atom. The van der Waals surface area contributed by atoms with Crippen LogP contribution in [-0.4, -0.2) is 38.8 Å². The number of aromatic nitrogens is 2. The molecular formula is C21H22Cl2IN6O2+. The second-order valence-electron chi connectivity index (χ2n) is 7.77. The lowest BCUT2D eigenvalue weighted by Gasteiger charge is -2.09. The molecule has 1 atom stereocenters. The number of nitrogens with one attached hydrogen (secondary N) is 1. The van der Waals surface area contributed by atoms with E-state index in [4.69, 9.17) is 33.7 Å². The number of Topliss-reactive ketones (excluding diaryl/α,β-unsaturated/α-hetero) is 2. The first-order valence-corrected chi connectivity index (χ1v) is 10.5. The highest BCUT2D eigenvalue weighted by Gasteiger charge is 2.49.